The van der Waals surface area contributed by atoms with Gasteiger partial charge in [-0.05, 0) is 25.7 Å². The molecule has 5 heteroatoms. The molecule has 1 amide bonds. The topological polar surface area (TPSA) is 75.8 Å². The Bertz CT molecular complexity index is 549. The van der Waals surface area contributed by atoms with Crippen molar-refractivity contribution in [2.24, 2.45) is 22.1 Å². The van der Waals surface area contributed by atoms with E-state index in [4.69, 9.17) is 12.2 Å². The van der Waals surface area contributed by atoms with Gasteiger partial charge in [0.05, 0.1) is 5.41 Å². The zero-order valence-corrected chi connectivity index (χ0v) is 15.0. The Labute approximate surface area is 145 Å². The first-order chi connectivity index (χ1) is 11.4. The van der Waals surface area contributed by atoms with Gasteiger partial charge in [-0.25, -0.2) is 4.99 Å². The molecule has 0 bridgehead atoms. The zero-order valence-electron chi connectivity index (χ0n) is 15.0. The maximum absolute atomic E-state index is 11.8. The number of nitrogens with zero attached hydrogens (tertiary/aromatic N) is 2. The highest BCUT2D eigenvalue weighted by Gasteiger charge is 2.40. The quantitative estimate of drug-likeness (QED) is 0.337. The molecule has 1 saturated heterocycles. The summed E-state index contributed by atoms with van der Waals surface area (Å²) < 4.78 is 0. The number of allylic oxidation sites excluding steroid dienone is 1. The fourth-order valence-electron chi connectivity index (χ4n) is 2.95. The van der Waals surface area contributed by atoms with Gasteiger partial charge in [0, 0.05) is 37.2 Å². The molecular weight excluding hydrogens is 302 g/mol. The van der Waals surface area contributed by atoms with Gasteiger partial charge in [-0.2, -0.15) is 0 Å². The molecule has 0 aliphatic carbocycles. The fraction of sp³-hybridized carbons (Fsp3) is 0.632. The van der Waals surface area contributed by atoms with E-state index >= 15 is 0 Å². The van der Waals surface area contributed by atoms with Gasteiger partial charge >= 0.3 is 0 Å². The highest BCUT2D eigenvalue weighted by atomic mass is 16.1. The summed E-state index contributed by atoms with van der Waals surface area (Å²) in [5.74, 6) is 3.55. The predicted molar refractivity (Wildman–Crippen MR) is 97.2 cm³/mol. The lowest BCUT2D eigenvalue weighted by Gasteiger charge is -2.41. The number of hydrogen-bond acceptors (Lipinski definition) is 3. The molecule has 1 fully saturated rings. The molecule has 1 atom stereocenters. The molecular formula is C19H29N3O2. The highest BCUT2D eigenvalue weighted by molar-refractivity contribution is 5.87. The Morgan fingerprint density at radius 2 is 2.04 bits per heavy atom. The molecule has 1 heterocycles. The van der Waals surface area contributed by atoms with E-state index in [0.717, 1.165) is 30.5 Å². The molecule has 2 N–H and O–H groups in total. The van der Waals surface area contributed by atoms with Crippen molar-refractivity contribution in [1.29, 1.82) is 0 Å². The lowest BCUT2D eigenvalue weighted by Crippen LogP contribution is -2.50. The molecule has 1 aliphatic heterocycles. The molecule has 5 nitrogen and oxygen atoms in total. The van der Waals surface area contributed by atoms with Crippen molar-refractivity contribution in [1.82, 2.24) is 4.90 Å². The molecule has 0 saturated carbocycles. The Kier molecular flexibility index (Phi) is 7.70. The molecule has 1 aliphatic rings. The van der Waals surface area contributed by atoms with Crippen molar-refractivity contribution < 1.29 is 9.59 Å². The second-order valence-corrected chi connectivity index (χ2v) is 6.45. The Morgan fingerprint density at radius 3 is 2.46 bits per heavy atom. The third kappa shape index (κ3) is 4.70. The molecule has 1 rings (SSSR count). The van der Waals surface area contributed by atoms with Crippen LogP contribution in [0.2, 0.25) is 0 Å². The SMILES string of the molecule is C#C/C(=C\N=C(C(C)CC)N1CCC(CC=O)(C(N)=O)CC1)CC. The number of piperidine rings is 1. The minimum atomic E-state index is -0.706. The lowest BCUT2D eigenvalue weighted by atomic mass is 9.75. The summed E-state index contributed by atoms with van der Waals surface area (Å²) in [7, 11) is 0. The first-order valence-electron chi connectivity index (χ1n) is 8.65. The van der Waals surface area contributed by atoms with E-state index in [1.165, 1.54) is 0 Å². The van der Waals surface area contributed by atoms with Crippen LogP contribution in [0.1, 0.15) is 52.9 Å². The van der Waals surface area contributed by atoms with Crippen LogP contribution >= 0.6 is 0 Å². The van der Waals surface area contributed by atoms with E-state index in [1.54, 1.807) is 6.20 Å². The summed E-state index contributed by atoms with van der Waals surface area (Å²) in [4.78, 5) is 29.6. The van der Waals surface area contributed by atoms with Crippen LogP contribution in [0.15, 0.2) is 16.8 Å². The number of hydrogen-bond donors (Lipinski definition) is 1. The summed E-state index contributed by atoms with van der Waals surface area (Å²) in [6.07, 6.45) is 11.1. The number of terminal acetylenes is 1. The molecule has 0 radical (unpaired) electrons. The number of primary amides is 1. The van der Waals surface area contributed by atoms with Gasteiger partial charge in [-0.3, -0.25) is 4.79 Å². The molecule has 0 aromatic heterocycles. The molecule has 24 heavy (non-hydrogen) atoms. The van der Waals surface area contributed by atoms with Gasteiger partial charge in [-0.15, -0.1) is 6.42 Å². The summed E-state index contributed by atoms with van der Waals surface area (Å²) in [6.45, 7) is 7.60. The fourth-order valence-corrected chi connectivity index (χ4v) is 2.95. The largest absolute Gasteiger partial charge is 0.369 e. The van der Waals surface area contributed by atoms with E-state index in [-0.39, 0.29) is 12.3 Å². The van der Waals surface area contributed by atoms with Gasteiger partial charge in [0.2, 0.25) is 5.91 Å². The Morgan fingerprint density at radius 1 is 1.42 bits per heavy atom. The third-order valence-electron chi connectivity index (χ3n) is 5.01. The number of amides is 1. The van der Waals surface area contributed by atoms with E-state index in [0.29, 0.717) is 31.8 Å². The maximum atomic E-state index is 11.8. The lowest BCUT2D eigenvalue weighted by molar-refractivity contribution is -0.132. The van der Waals surface area contributed by atoms with Crippen LogP contribution in [0, 0.1) is 23.7 Å². The van der Waals surface area contributed by atoms with Crippen LogP contribution in [-0.4, -0.2) is 36.0 Å². The van der Waals surface area contributed by atoms with Crippen molar-refractivity contribution in [3.63, 3.8) is 0 Å². The zero-order chi connectivity index (χ0) is 18.2. The van der Waals surface area contributed by atoms with Crippen molar-refractivity contribution in [2.75, 3.05) is 13.1 Å². The predicted octanol–water partition coefficient (Wildman–Crippen LogP) is 2.51. The van der Waals surface area contributed by atoms with Crippen LogP contribution in [0.5, 0.6) is 0 Å². The maximum Gasteiger partial charge on any atom is 0.224 e. The number of rotatable bonds is 7. The molecule has 132 valence electrons. The van der Waals surface area contributed by atoms with Gasteiger partial charge in [0.1, 0.15) is 12.1 Å². The number of aliphatic imine (C=N–C) groups is 1. The number of carbonyl (C=O) groups is 2. The average Bonchev–Trinajstić information content (AvgIpc) is 2.59. The Balaban J connectivity index is 2.98. The van der Waals surface area contributed by atoms with Crippen molar-refractivity contribution in [2.45, 2.75) is 52.9 Å². The minimum Gasteiger partial charge on any atom is -0.369 e. The van der Waals surface area contributed by atoms with E-state index in [2.05, 4.69) is 29.7 Å². The standard InChI is InChI=1S/C19H29N3O2/c1-5-15(4)17(21-14-16(6-2)7-3)22-11-8-19(9-12-22,10-13-23)18(20)24/h2,13-15H,5,7-12H2,1,3-4H3,(H2,20,24)/b16-14+,21-17?. The van der Waals surface area contributed by atoms with Crippen LogP contribution < -0.4 is 5.73 Å². The monoisotopic (exact) mass is 331 g/mol. The first-order valence-corrected chi connectivity index (χ1v) is 8.65. The number of likely N-dealkylation sites (tertiary alicyclic amines) is 1. The number of carbonyl (C=O) groups excluding carboxylic acids is 2. The van der Waals surface area contributed by atoms with Crippen LogP contribution in [0.3, 0.4) is 0 Å². The van der Waals surface area contributed by atoms with Gasteiger partial charge in [0.25, 0.3) is 0 Å². The summed E-state index contributed by atoms with van der Waals surface area (Å²) in [5, 5.41) is 0. The molecule has 0 spiro atoms. The molecule has 0 aromatic rings. The summed E-state index contributed by atoms with van der Waals surface area (Å²) in [5.41, 5.74) is 5.71. The van der Waals surface area contributed by atoms with Crippen molar-refractivity contribution in [3.05, 3.63) is 11.8 Å². The molecule has 0 aromatic carbocycles. The third-order valence-corrected chi connectivity index (χ3v) is 5.01. The van der Waals surface area contributed by atoms with Crippen LogP contribution in [-0.2, 0) is 9.59 Å². The van der Waals surface area contributed by atoms with Crippen molar-refractivity contribution in [3.8, 4) is 12.3 Å². The summed E-state index contributed by atoms with van der Waals surface area (Å²) >= 11 is 0. The number of aldehydes is 1. The first kappa shape index (κ1) is 20.0. The van der Waals surface area contributed by atoms with Gasteiger partial charge in [0.15, 0.2) is 0 Å². The van der Waals surface area contributed by atoms with Crippen molar-refractivity contribution >= 4 is 18.0 Å². The normalized spacial score (nSPS) is 19.5. The minimum absolute atomic E-state index is 0.197. The van der Waals surface area contributed by atoms with E-state index in [9.17, 15) is 9.59 Å². The summed E-state index contributed by atoms with van der Waals surface area (Å²) in [6, 6.07) is 0. The second kappa shape index (κ2) is 9.27. The van der Waals surface area contributed by atoms with E-state index in [1.807, 2.05) is 6.92 Å². The van der Waals surface area contributed by atoms with Crippen LogP contribution in [0.4, 0.5) is 0 Å². The number of amidine groups is 1. The smallest absolute Gasteiger partial charge is 0.224 e. The average molecular weight is 331 g/mol. The van der Waals surface area contributed by atoms with Gasteiger partial charge in [-0.1, -0.05) is 26.7 Å². The Hall–Kier alpha value is -2.09. The second-order valence-electron chi connectivity index (χ2n) is 6.45. The van der Waals surface area contributed by atoms with Crippen LogP contribution in [0.25, 0.3) is 0 Å². The number of nitrogens with two attached hydrogens (primary N) is 1. The van der Waals surface area contributed by atoms with E-state index < -0.39 is 5.41 Å². The van der Waals surface area contributed by atoms with Gasteiger partial charge < -0.3 is 15.4 Å². The molecule has 1 unspecified atom stereocenters. The highest BCUT2D eigenvalue weighted by Crippen LogP contribution is 2.34.